The van der Waals surface area contributed by atoms with Crippen LogP contribution in [-0.2, 0) is 11.3 Å². The molecule has 0 fully saturated rings. The minimum Gasteiger partial charge on any atom is -0.495 e. The number of halogens is 1. The zero-order chi connectivity index (χ0) is 17.6. The molecule has 0 aliphatic carbocycles. The van der Waals surface area contributed by atoms with Gasteiger partial charge in [0, 0.05) is 9.90 Å². The third kappa shape index (κ3) is 4.71. The van der Waals surface area contributed by atoms with Crippen molar-refractivity contribution in [2.75, 3.05) is 18.2 Å². The fraction of sp³-hybridized carbons (Fsp3) is 0.200. The number of benzene rings is 1. The topological polar surface area (TPSA) is 81.9 Å². The second-order valence-corrected chi connectivity index (χ2v) is 7.29. The van der Waals surface area contributed by atoms with E-state index in [1.54, 1.807) is 34.2 Å². The van der Waals surface area contributed by atoms with Gasteiger partial charge in [0.2, 0.25) is 11.1 Å². The first-order chi connectivity index (χ1) is 12.2. The number of ether oxygens (including phenoxy) is 1. The van der Waals surface area contributed by atoms with Crippen molar-refractivity contribution < 1.29 is 9.53 Å². The van der Waals surface area contributed by atoms with Crippen LogP contribution in [-0.4, -0.2) is 39.0 Å². The molecule has 7 nitrogen and oxygen atoms in total. The van der Waals surface area contributed by atoms with Gasteiger partial charge in [-0.05, 0) is 40.1 Å². The molecule has 3 aromatic rings. The van der Waals surface area contributed by atoms with Crippen LogP contribution < -0.4 is 10.1 Å². The molecule has 0 atom stereocenters. The lowest BCUT2D eigenvalue weighted by molar-refractivity contribution is -0.113. The molecule has 1 aromatic carbocycles. The number of nitrogens with zero attached hydrogens (tertiary/aromatic N) is 4. The molecule has 25 heavy (non-hydrogen) atoms. The van der Waals surface area contributed by atoms with Crippen molar-refractivity contribution in [1.82, 2.24) is 20.2 Å². The summed E-state index contributed by atoms with van der Waals surface area (Å²) in [5, 5.41) is 17.5. The zero-order valence-electron chi connectivity index (χ0n) is 13.2. The van der Waals surface area contributed by atoms with Crippen molar-refractivity contribution in [3.05, 3.63) is 45.6 Å². The Kier molecular flexibility index (Phi) is 5.90. The van der Waals surface area contributed by atoms with Gasteiger partial charge >= 0.3 is 0 Å². The van der Waals surface area contributed by atoms with Gasteiger partial charge < -0.3 is 10.1 Å². The van der Waals surface area contributed by atoms with Crippen molar-refractivity contribution in [3.63, 3.8) is 0 Å². The van der Waals surface area contributed by atoms with E-state index in [1.165, 1.54) is 18.9 Å². The number of amides is 1. The number of nitrogens with one attached hydrogen (secondary N) is 1. The van der Waals surface area contributed by atoms with Crippen LogP contribution in [0.25, 0.3) is 0 Å². The molecule has 0 bridgehead atoms. The van der Waals surface area contributed by atoms with E-state index in [0.717, 1.165) is 4.88 Å². The number of carbonyl (C=O) groups excluding carboxylic acids is 1. The maximum Gasteiger partial charge on any atom is 0.234 e. The van der Waals surface area contributed by atoms with E-state index in [-0.39, 0.29) is 11.7 Å². The third-order valence-corrected chi connectivity index (χ3v) is 5.21. The summed E-state index contributed by atoms with van der Waals surface area (Å²) in [6, 6.07) is 9.03. The van der Waals surface area contributed by atoms with E-state index in [4.69, 9.17) is 16.3 Å². The molecule has 0 aliphatic heterocycles. The highest BCUT2D eigenvalue weighted by Gasteiger charge is 2.13. The summed E-state index contributed by atoms with van der Waals surface area (Å²) in [7, 11) is 1.53. The molecule has 130 valence electrons. The molecule has 0 radical (unpaired) electrons. The molecule has 1 amide bonds. The first kappa shape index (κ1) is 17.7. The summed E-state index contributed by atoms with van der Waals surface area (Å²) in [5.41, 5.74) is 0.527. The Hall–Kier alpha value is -2.10. The molecule has 0 saturated heterocycles. The van der Waals surface area contributed by atoms with Gasteiger partial charge in [-0.1, -0.05) is 29.4 Å². The molecule has 0 unspecified atom stereocenters. The summed E-state index contributed by atoms with van der Waals surface area (Å²) in [4.78, 5) is 13.4. The smallest absolute Gasteiger partial charge is 0.234 e. The SMILES string of the molecule is COc1ccc(Cl)cc1NC(=O)CSc1nnnn1Cc1cccs1. The van der Waals surface area contributed by atoms with Gasteiger partial charge in [0.05, 0.1) is 25.1 Å². The summed E-state index contributed by atoms with van der Waals surface area (Å²) >= 11 is 8.86. The molecule has 2 heterocycles. The number of anilines is 1. The Morgan fingerprint density at radius 2 is 2.32 bits per heavy atom. The largest absolute Gasteiger partial charge is 0.495 e. The third-order valence-electron chi connectivity index (χ3n) is 3.15. The predicted molar refractivity (Wildman–Crippen MR) is 98.6 cm³/mol. The molecule has 1 N–H and O–H groups in total. The minimum absolute atomic E-state index is 0.167. The zero-order valence-corrected chi connectivity index (χ0v) is 15.6. The van der Waals surface area contributed by atoms with E-state index in [2.05, 4.69) is 20.8 Å². The molecule has 3 rings (SSSR count). The molecular weight excluding hydrogens is 382 g/mol. The lowest BCUT2D eigenvalue weighted by atomic mass is 10.3. The summed E-state index contributed by atoms with van der Waals surface area (Å²) < 4.78 is 6.88. The van der Waals surface area contributed by atoms with Gasteiger partial charge in [-0.2, -0.15) is 0 Å². The number of hydrogen-bond acceptors (Lipinski definition) is 7. The fourth-order valence-corrected chi connectivity index (χ4v) is 3.58. The van der Waals surface area contributed by atoms with Crippen molar-refractivity contribution in [2.24, 2.45) is 0 Å². The standard InChI is InChI=1S/C15H14ClN5O2S2/c1-23-13-5-4-10(16)7-12(13)17-14(22)9-25-15-18-19-20-21(15)8-11-3-2-6-24-11/h2-7H,8-9H2,1H3,(H,17,22). The number of methoxy groups -OCH3 is 1. The predicted octanol–water partition coefficient (Wildman–Crippen LogP) is 3.18. The highest BCUT2D eigenvalue weighted by molar-refractivity contribution is 7.99. The lowest BCUT2D eigenvalue weighted by Gasteiger charge is -2.10. The van der Waals surface area contributed by atoms with Crippen LogP contribution in [0.3, 0.4) is 0 Å². The number of hydrogen-bond donors (Lipinski definition) is 1. The van der Waals surface area contributed by atoms with Crippen molar-refractivity contribution in [3.8, 4) is 5.75 Å². The average Bonchev–Trinajstić information content (AvgIpc) is 3.26. The van der Waals surface area contributed by atoms with Gasteiger partial charge in [-0.15, -0.1) is 16.4 Å². The number of thioether (sulfide) groups is 1. The first-order valence-electron chi connectivity index (χ1n) is 7.20. The molecule has 0 aliphatic rings. The normalized spacial score (nSPS) is 10.6. The second-order valence-electron chi connectivity index (χ2n) is 4.88. The number of tetrazole rings is 1. The summed E-state index contributed by atoms with van der Waals surface area (Å²) in [5.74, 6) is 0.516. The maximum atomic E-state index is 12.2. The second kappa shape index (κ2) is 8.32. The Bertz CT molecular complexity index is 853. The molecule has 0 saturated carbocycles. The average molecular weight is 396 g/mol. The number of thiophene rings is 1. The van der Waals surface area contributed by atoms with Gasteiger partial charge in [0.1, 0.15) is 5.75 Å². The minimum atomic E-state index is -0.198. The van der Waals surface area contributed by atoms with Gasteiger partial charge in [-0.25, -0.2) is 4.68 Å². The lowest BCUT2D eigenvalue weighted by Crippen LogP contribution is -2.15. The molecule has 10 heteroatoms. The highest BCUT2D eigenvalue weighted by atomic mass is 35.5. The highest BCUT2D eigenvalue weighted by Crippen LogP contribution is 2.28. The van der Waals surface area contributed by atoms with Crippen LogP contribution in [0.1, 0.15) is 4.88 Å². The van der Waals surface area contributed by atoms with Crippen molar-refractivity contribution in [2.45, 2.75) is 11.7 Å². The van der Waals surface area contributed by atoms with Gasteiger partial charge in [0.15, 0.2) is 0 Å². The van der Waals surface area contributed by atoms with Crippen LogP contribution in [0.4, 0.5) is 5.69 Å². The Morgan fingerprint density at radius 1 is 1.44 bits per heavy atom. The molecule has 2 aromatic heterocycles. The van der Waals surface area contributed by atoms with Crippen LogP contribution in [0, 0.1) is 0 Å². The van der Waals surface area contributed by atoms with Crippen molar-refractivity contribution >= 4 is 46.3 Å². The fourth-order valence-electron chi connectivity index (χ4n) is 2.04. The number of aromatic nitrogens is 4. The number of rotatable bonds is 7. The van der Waals surface area contributed by atoms with Crippen LogP contribution in [0.2, 0.25) is 5.02 Å². The Morgan fingerprint density at radius 3 is 3.08 bits per heavy atom. The van der Waals surface area contributed by atoms with E-state index in [0.29, 0.717) is 28.2 Å². The van der Waals surface area contributed by atoms with E-state index < -0.39 is 0 Å². The Balaban J connectivity index is 1.60. The summed E-state index contributed by atoms with van der Waals surface area (Å²) in [6.07, 6.45) is 0. The number of carbonyl (C=O) groups is 1. The quantitative estimate of drug-likeness (QED) is 0.619. The van der Waals surface area contributed by atoms with Crippen LogP contribution in [0.15, 0.2) is 40.9 Å². The van der Waals surface area contributed by atoms with E-state index >= 15 is 0 Å². The first-order valence-corrected chi connectivity index (χ1v) is 9.45. The molecule has 0 spiro atoms. The summed E-state index contributed by atoms with van der Waals surface area (Å²) in [6.45, 7) is 0.580. The molecular formula is C15H14ClN5O2S2. The maximum absolute atomic E-state index is 12.2. The monoisotopic (exact) mass is 395 g/mol. The Labute approximate surface area is 157 Å². The van der Waals surface area contributed by atoms with E-state index in [9.17, 15) is 4.79 Å². The van der Waals surface area contributed by atoms with Crippen LogP contribution in [0.5, 0.6) is 5.75 Å². The van der Waals surface area contributed by atoms with Crippen LogP contribution >= 0.6 is 34.7 Å². The van der Waals surface area contributed by atoms with Crippen molar-refractivity contribution in [1.29, 1.82) is 0 Å². The van der Waals surface area contributed by atoms with Gasteiger partial charge in [-0.3, -0.25) is 4.79 Å². The van der Waals surface area contributed by atoms with Gasteiger partial charge in [0.25, 0.3) is 0 Å². The van der Waals surface area contributed by atoms with E-state index in [1.807, 2.05) is 17.5 Å².